The Morgan fingerprint density at radius 1 is 0.769 bits per heavy atom. The van der Waals surface area contributed by atoms with Crippen LogP contribution in [0.25, 0.3) is 0 Å². The van der Waals surface area contributed by atoms with Gasteiger partial charge in [-0.25, -0.2) is 0 Å². The molecule has 0 atom stereocenters. The molecule has 2 aliphatic carbocycles. The average Bonchev–Trinajstić information content (AvgIpc) is 2.49. The Balaban J connectivity index is 1.98. The average molecular weight is 204 g/mol. The first-order valence-corrected chi connectivity index (χ1v) is 6.16. The first kappa shape index (κ1) is 8.99. The maximum atomic E-state index is 2.29. The van der Waals surface area contributed by atoms with Crippen LogP contribution in [0.4, 0.5) is 0 Å². The Kier molecular flexibility index (Phi) is 3.18. The standard InChI is InChI=1S/C7H7.C5H5.Ti/c1-2-4-6-7-5-3-1;1-2-4-5-3-1;/h1-5H,6H2;1-3H,4H2;. The topological polar surface area (TPSA) is 0 Å². The molecule has 2 aliphatic rings. The molecule has 1 heteroatoms. The Bertz CT molecular complexity index is 327. The summed E-state index contributed by atoms with van der Waals surface area (Å²) in [6, 6.07) is 0. The van der Waals surface area contributed by atoms with Gasteiger partial charge in [-0.05, 0) is 0 Å². The van der Waals surface area contributed by atoms with E-state index < -0.39 is 0 Å². The van der Waals surface area contributed by atoms with Gasteiger partial charge in [0.25, 0.3) is 0 Å². The van der Waals surface area contributed by atoms with Crippen LogP contribution < -0.4 is 0 Å². The predicted octanol–water partition coefficient (Wildman–Crippen LogP) is 3.31. The molecule has 0 radical (unpaired) electrons. The van der Waals surface area contributed by atoms with Crippen molar-refractivity contribution in [3.8, 4) is 0 Å². The molecule has 0 N–H and O–H groups in total. The van der Waals surface area contributed by atoms with Gasteiger partial charge in [-0.3, -0.25) is 0 Å². The van der Waals surface area contributed by atoms with E-state index in [9.17, 15) is 0 Å². The predicted molar refractivity (Wildman–Crippen MR) is 52.8 cm³/mol. The molecular weight excluding hydrogens is 192 g/mol. The van der Waals surface area contributed by atoms with Crippen molar-refractivity contribution in [1.29, 1.82) is 0 Å². The minimum atomic E-state index is 0.00333. The van der Waals surface area contributed by atoms with Crippen LogP contribution in [-0.2, 0) is 19.2 Å². The van der Waals surface area contributed by atoms with Gasteiger partial charge >= 0.3 is 88.4 Å². The Labute approximate surface area is 88.3 Å². The molecule has 0 aromatic heterocycles. The van der Waals surface area contributed by atoms with Gasteiger partial charge in [0, 0.05) is 0 Å². The van der Waals surface area contributed by atoms with Gasteiger partial charge in [-0.1, -0.05) is 0 Å². The first-order chi connectivity index (χ1) is 6.45. The normalized spacial score (nSPS) is 19.7. The molecule has 0 saturated heterocycles. The number of hydrogen-bond donors (Lipinski definition) is 0. The molecule has 0 aromatic carbocycles. The van der Waals surface area contributed by atoms with E-state index in [0.717, 1.165) is 6.42 Å². The van der Waals surface area contributed by atoms with Crippen LogP contribution in [0.2, 0.25) is 0 Å². The molecule has 0 unspecified atom stereocenters. The summed E-state index contributed by atoms with van der Waals surface area (Å²) in [5.74, 6) is 0. The van der Waals surface area contributed by atoms with Crippen molar-refractivity contribution in [1.82, 2.24) is 0 Å². The summed E-state index contributed by atoms with van der Waals surface area (Å²) in [6.45, 7) is 0. The summed E-state index contributed by atoms with van der Waals surface area (Å²) in [5, 5.41) is 0. The molecule has 13 heavy (non-hydrogen) atoms. The van der Waals surface area contributed by atoms with E-state index in [0.29, 0.717) is 0 Å². The van der Waals surface area contributed by atoms with Crippen molar-refractivity contribution in [3.63, 3.8) is 0 Å². The molecule has 64 valence electrons. The summed E-state index contributed by atoms with van der Waals surface area (Å²) < 4.78 is 3.30. The van der Waals surface area contributed by atoms with Gasteiger partial charge in [0.1, 0.15) is 0 Å². The summed E-state index contributed by atoms with van der Waals surface area (Å²) >= 11 is 0.00333. The van der Waals surface area contributed by atoms with E-state index in [1.54, 1.807) is 7.76 Å². The molecule has 0 bridgehead atoms. The Hall–Kier alpha value is -0.586. The Morgan fingerprint density at radius 3 is 2.23 bits per heavy atom. The van der Waals surface area contributed by atoms with Crippen LogP contribution in [0, 0.1) is 0 Å². The summed E-state index contributed by atoms with van der Waals surface area (Å²) in [4.78, 5) is 0. The van der Waals surface area contributed by atoms with E-state index in [1.807, 2.05) is 0 Å². The third-order valence-corrected chi connectivity index (χ3v) is 4.25. The SMILES string of the molecule is C1=CC=[C]([Ti][C]2=CC=CC2)CC=C1. The van der Waals surface area contributed by atoms with Gasteiger partial charge in [-0.2, -0.15) is 0 Å². The second-order valence-corrected chi connectivity index (χ2v) is 5.55. The zero-order chi connectivity index (χ0) is 8.93. The number of allylic oxidation sites excluding steroid dienone is 10. The molecule has 0 aromatic rings. The monoisotopic (exact) mass is 204 g/mol. The van der Waals surface area contributed by atoms with Crippen molar-refractivity contribution in [2.45, 2.75) is 12.8 Å². The van der Waals surface area contributed by atoms with Crippen LogP contribution in [0.1, 0.15) is 12.8 Å². The summed E-state index contributed by atoms with van der Waals surface area (Å²) in [7, 11) is 0. The maximum absolute atomic E-state index is 2.29. The molecule has 0 aliphatic heterocycles. The minimum absolute atomic E-state index is 0.00333. The Morgan fingerprint density at radius 2 is 1.46 bits per heavy atom. The molecule has 2 rings (SSSR count). The van der Waals surface area contributed by atoms with Crippen molar-refractivity contribution in [2.75, 3.05) is 0 Å². The number of hydrogen-bond acceptors (Lipinski definition) is 0. The fourth-order valence-electron chi connectivity index (χ4n) is 1.42. The molecule has 0 spiro atoms. The zero-order valence-electron chi connectivity index (χ0n) is 7.53. The molecule has 0 amide bonds. The van der Waals surface area contributed by atoms with Gasteiger partial charge in [0.15, 0.2) is 0 Å². The fraction of sp³-hybridized carbons (Fsp3) is 0.167. The molecule has 0 nitrogen and oxygen atoms in total. The van der Waals surface area contributed by atoms with Crippen molar-refractivity contribution >= 4 is 0 Å². The second-order valence-electron chi connectivity index (χ2n) is 3.16. The van der Waals surface area contributed by atoms with Crippen LogP contribution >= 0.6 is 0 Å². The van der Waals surface area contributed by atoms with Crippen LogP contribution in [0.5, 0.6) is 0 Å². The first-order valence-electron chi connectivity index (χ1n) is 4.60. The summed E-state index contributed by atoms with van der Waals surface area (Å²) in [5.41, 5.74) is 0. The second kappa shape index (κ2) is 4.59. The van der Waals surface area contributed by atoms with Crippen LogP contribution in [0.15, 0.2) is 56.4 Å². The van der Waals surface area contributed by atoms with Gasteiger partial charge in [0.05, 0.1) is 0 Å². The van der Waals surface area contributed by atoms with Crippen molar-refractivity contribution in [3.05, 3.63) is 56.4 Å². The summed E-state index contributed by atoms with van der Waals surface area (Å²) in [6.07, 6.45) is 20.0. The third kappa shape index (κ3) is 2.68. The number of rotatable bonds is 2. The van der Waals surface area contributed by atoms with Crippen molar-refractivity contribution < 1.29 is 19.2 Å². The third-order valence-electron chi connectivity index (χ3n) is 2.09. The quantitative estimate of drug-likeness (QED) is 0.605. The van der Waals surface area contributed by atoms with E-state index in [-0.39, 0.29) is 19.2 Å². The van der Waals surface area contributed by atoms with E-state index >= 15 is 0 Å². The molecule has 0 fully saturated rings. The van der Waals surface area contributed by atoms with Gasteiger partial charge < -0.3 is 0 Å². The zero-order valence-corrected chi connectivity index (χ0v) is 9.09. The van der Waals surface area contributed by atoms with E-state index in [4.69, 9.17) is 0 Å². The van der Waals surface area contributed by atoms with Gasteiger partial charge in [0.2, 0.25) is 0 Å². The van der Waals surface area contributed by atoms with Crippen LogP contribution in [0.3, 0.4) is 0 Å². The van der Waals surface area contributed by atoms with Gasteiger partial charge in [-0.15, -0.1) is 0 Å². The fourth-order valence-corrected chi connectivity index (χ4v) is 3.31. The molecule has 0 saturated carbocycles. The van der Waals surface area contributed by atoms with E-state index in [2.05, 4.69) is 48.6 Å². The molecule has 0 heterocycles. The van der Waals surface area contributed by atoms with E-state index in [1.165, 1.54) is 6.42 Å². The van der Waals surface area contributed by atoms with Crippen molar-refractivity contribution in [2.24, 2.45) is 0 Å². The van der Waals surface area contributed by atoms with Crippen LogP contribution in [-0.4, -0.2) is 0 Å². The molecular formula is C12H12Ti.